The van der Waals surface area contributed by atoms with Gasteiger partial charge >= 0.3 is 5.97 Å². The van der Waals surface area contributed by atoms with Gasteiger partial charge < -0.3 is 9.84 Å². The molecular weight excluding hydrogens is 272 g/mol. The molecule has 0 spiro atoms. The molecule has 0 aliphatic carbocycles. The van der Waals surface area contributed by atoms with Crippen molar-refractivity contribution in [3.8, 4) is 0 Å². The molecule has 0 fully saturated rings. The van der Waals surface area contributed by atoms with Crippen molar-refractivity contribution in [1.29, 1.82) is 0 Å². The van der Waals surface area contributed by atoms with Crippen LogP contribution in [0.5, 0.6) is 0 Å². The molecule has 4 heteroatoms. The third-order valence-electron chi connectivity index (χ3n) is 1.98. The Morgan fingerprint density at radius 2 is 2.06 bits per heavy atom. The van der Waals surface area contributed by atoms with E-state index in [1.807, 2.05) is 30.3 Å². The van der Waals surface area contributed by atoms with Crippen LogP contribution in [-0.4, -0.2) is 17.2 Å². The van der Waals surface area contributed by atoms with Gasteiger partial charge in [0.05, 0.1) is 6.61 Å². The molecular formula is C12H13BrO3. The molecule has 0 saturated carbocycles. The molecule has 1 aromatic rings. The molecule has 0 amide bonds. The average molecular weight is 285 g/mol. The SMILES string of the molecule is C=C(Br)CC(OCc1ccccc1)C(=O)O. The fourth-order valence-corrected chi connectivity index (χ4v) is 1.48. The van der Waals surface area contributed by atoms with Crippen LogP contribution in [-0.2, 0) is 16.1 Å². The van der Waals surface area contributed by atoms with Crippen molar-refractivity contribution in [1.82, 2.24) is 0 Å². The maximum Gasteiger partial charge on any atom is 0.333 e. The summed E-state index contributed by atoms with van der Waals surface area (Å²) < 4.78 is 5.93. The number of ether oxygens (including phenoxy) is 1. The first-order valence-corrected chi connectivity index (χ1v) is 5.60. The van der Waals surface area contributed by atoms with Crippen LogP contribution >= 0.6 is 15.9 Å². The van der Waals surface area contributed by atoms with Crippen molar-refractivity contribution in [2.75, 3.05) is 0 Å². The molecule has 1 N–H and O–H groups in total. The summed E-state index contributed by atoms with van der Waals surface area (Å²) in [6.07, 6.45) is -0.589. The summed E-state index contributed by atoms with van der Waals surface area (Å²) in [6.45, 7) is 3.90. The lowest BCUT2D eigenvalue weighted by molar-refractivity contribution is -0.151. The Morgan fingerprint density at radius 1 is 1.44 bits per heavy atom. The van der Waals surface area contributed by atoms with Crippen LogP contribution in [0.25, 0.3) is 0 Å². The van der Waals surface area contributed by atoms with Gasteiger partial charge in [-0.15, -0.1) is 0 Å². The number of benzene rings is 1. The van der Waals surface area contributed by atoms with E-state index in [4.69, 9.17) is 9.84 Å². The van der Waals surface area contributed by atoms with Gasteiger partial charge in [0.1, 0.15) is 0 Å². The second kappa shape index (κ2) is 6.45. The minimum atomic E-state index is -0.975. The van der Waals surface area contributed by atoms with Gasteiger partial charge in [-0.05, 0) is 10.0 Å². The molecule has 0 radical (unpaired) electrons. The van der Waals surface area contributed by atoms with E-state index < -0.39 is 12.1 Å². The zero-order chi connectivity index (χ0) is 12.0. The Bertz CT molecular complexity index is 362. The van der Waals surface area contributed by atoms with Crippen molar-refractivity contribution in [2.45, 2.75) is 19.1 Å². The number of rotatable bonds is 6. The van der Waals surface area contributed by atoms with Crippen LogP contribution in [0.2, 0.25) is 0 Å². The number of carboxylic acids is 1. The van der Waals surface area contributed by atoms with E-state index in [-0.39, 0.29) is 13.0 Å². The molecule has 0 bridgehead atoms. The molecule has 0 aliphatic rings. The Hall–Kier alpha value is -1.13. The van der Waals surface area contributed by atoms with Crippen molar-refractivity contribution in [3.05, 3.63) is 47.0 Å². The number of hydrogen-bond donors (Lipinski definition) is 1. The Labute approximate surface area is 103 Å². The normalized spacial score (nSPS) is 12.1. The smallest absolute Gasteiger partial charge is 0.333 e. The predicted molar refractivity (Wildman–Crippen MR) is 65.3 cm³/mol. The fourth-order valence-electron chi connectivity index (χ4n) is 1.19. The Kier molecular flexibility index (Phi) is 5.22. The summed E-state index contributed by atoms with van der Waals surface area (Å²) in [5.41, 5.74) is 0.953. The van der Waals surface area contributed by atoms with Crippen LogP contribution in [0.1, 0.15) is 12.0 Å². The summed E-state index contributed by atoms with van der Waals surface area (Å²) in [7, 11) is 0. The summed E-state index contributed by atoms with van der Waals surface area (Å²) in [5, 5.41) is 8.91. The molecule has 1 unspecified atom stereocenters. The van der Waals surface area contributed by atoms with E-state index in [2.05, 4.69) is 22.5 Å². The zero-order valence-corrected chi connectivity index (χ0v) is 10.3. The lowest BCUT2D eigenvalue weighted by Gasteiger charge is -2.12. The van der Waals surface area contributed by atoms with Gasteiger partial charge in [-0.3, -0.25) is 0 Å². The molecule has 16 heavy (non-hydrogen) atoms. The number of hydrogen-bond acceptors (Lipinski definition) is 2. The summed E-state index contributed by atoms with van der Waals surface area (Å²) in [4.78, 5) is 10.9. The first-order chi connectivity index (χ1) is 7.59. The van der Waals surface area contributed by atoms with Gasteiger partial charge in [0.2, 0.25) is 0 Å². The molecule has 0 aromatic heterocycles. The summed E-state index contributed by atoms with van der Waals surface area (Å²) in [6, 6.07) is 9.46. The molecule has 0 heterocycles. The Morgan fingerprint density at radius 3 is 2.56 bits per heavy atom. The highest BCUT2D eigenvalue weighted by molar-refractivity contribution is 9.11. The van der Waals surface area contributed by atoms with Crippen LogP contribution in [0.4, 0.5) is 0 Å². The van der Waals surface area contributed by atoms with E-state index in [0.29, 0.717) is 4.48 Å². The highest BCUT2D eigenvalue weighted by atomic mass is 79.9. The topological polar surface area (TPSA) is 46.5 Å². The van der Waals surface area contributed by atoms with Crippen molar-refractivity contribution in [3.63, 3.8) is 0 Å². The first-order valence-electron chi connectivity index (χ1n) is 4.81. The first kappa shape index (κ1) is 12.9. The van der Waals surface area contributed by atoms with E-state index >= 15 is 0 Å². The highest BCUT2D eigenvalue weighted by Crippen LogP contribution is 2.14. The second-order valence-corrected chi connectivity index (χ2v) is 4.47. The molecule has 0 aliphatic heterocycles. The number of halogens is 1. The van der Waals surface area contributed by atoms with Gasteiger partial charge in [0.25, 0.3) is 0 Å². The third kappa shape index (κ3) is 4.59. The lowest BCUT2D eigenvalue weighted by atomic mass is 10.2. The minimum Gasteiger partial charge on any atom is -0.479 e. The van der Waals surface area contributed by atoms with Gasteiger partial charge in [-0.25, -0.2) is 4.79 Å². The minimum absolute atomic E-state index is 0.266. The number of carbonyl (C=O) groups is 1. The summed E-state index contributed by atoms with van der Waals surface area (Å²) in [5.74, 6) is -0.975. The van der Waals surface area contributed by atoms with E-state index in [9.17, 15) is 4.79 Å². The summed E-state index contributed by atoms with van der Waals surface area (Å²) >= 11 is 3.13. The predicted octanol–water partition coefficient (Wildman–Crippen LogP) is 2.96. The molecule has 1 rings (SSSR count). The number of aliphatic carboxylic acids is 1. The fraction of sp³-hybridized carbons (Fsp3) is 0.250. The number of carboxylic acid groups (broad SMARTS) is 1. The zero-order valence-electron chi connectivity index (χ0n) is 8.73. The second-order valence-electron chi connectivity index (χ2n) is 3.34. The molecule has 1 atom stereocenters. The van der Waals surface area contributed by atoms with E-state index in [1.165, 1.54) is 0 Å². The molecule has 0 saturated heterocycles. The van der Waals surface area contributed by atoms with Crippen molar-refractivity contribution >= 4 is 21.9 Å². The maximum absolute atomic E-state index is 10.9. The monoisotopic (exact) mass is 284 g/mol. The van der Waals surface area contributed by atoms with Crippen LogP contribution in [0.3, 0.4) is 0 Å². The van der Waals surface area contributed by atoms with Crippen LogP contribution in [0.15, 0.2) is 41.4 Å². The van der Waals surface area contributed by atoms with Crippen LogP contribution in [0, 0.1) is 0 Å². The Balaban J connectivity index is 2.50. The quantitative estimate of drug-likeness (QED) is 0.874. The molecule has 86 valence electrons. The molecule has 1 aromatic carbocycles. The van der Waals surface area contributed by atoms with E-state index in [0.717, 1.165) is 5.56 Å². The van der Waals surface area contributed by atoms with E-state index in [1.54, 1.807) is 0 Å². The van der Waals surface area contributed by atoms with Crippen LogP contribution < -0.4 is 0 Å². The maximum atomic E-state index is 10.9. The van der Waals surface area contributed by atoms with Gasteiger partial charge in [-0.1, -0.05) is 52.8 Å². The largest absolute Gasteiger partial charge is 0.479 e. The molecule has 3 nitrogen and oxygen atoms in total. The highest BCUT2D eigenvalue weighted by Gasteiger charge is 2.18. The van der Waals surface area contributed by atoms with Crippen molar-refractivity contribution < 1.29 is 14.6 Å². The van der Waals surface area contributed by atoms with Gasteiger partial charge in [0.15, 0.2) is 6.10 Å². The average Bonchev–Trinajstić information content (AvgIpc) is 2.25. The van der Waals surface area contributed by atoms with Gasteiger partial charge in [-0.2, -0.15) is 0 Å². The third-order valence-corrected chi connectivity index (χ3v) is 2.30. The standard InChI is InChI=1S/C12H13BrO3/c1-9(13)7-11(12(14)15)16-8-10-5-3-2-4-6-10/h2-6,11H,1,7-8H2,(H,14,15). The van der Waals surface area contributed by atoms with Crippen molar-refractivity contribution in [2.24, 2.45) is 0 Å². The lowest BCUT2D eigenvalue weighted by Crippen LogP contribution is -2.23. The van der Waals surface area contributed by atoms with Gasteiger partial charge in [0, 0.05) is 6.42 Å².